The number of anilines is 1. The summed E-state index contributed by atoms with van der Waals surface area (Å²) in [5.41, 5.74) is 0.647. The van der Waals surface area contributed by atoms with Crippen LogP contribution in [-0.2, 0) is 14.4 Å². The molecule has 1 saturated heterocycles. The lowest BCUT2D eigenvalue weighted by Gasteiger charge is -2.10. The SMILES string of the molecule is N#CCCCSc1ccc(C(=NO[C@@H]2CCOC2)C(=O)Nc2ncc(F)s2)cc1. The van der Waals surface area contributed by atoms with Crippen LogP contribution in [0.4, 0.5) is 9.52 Å². The van der Waals surface area contributed by atoms with Crippen molar-refractivity contribution in [3.8, 4) is 6.07 Å². The topological polar surface area (TPSA) is 96.6 Å². The van der Waals surface area contributed by atoms with Crippen molar-refractivity contribution in [2.75, 3.05) is 24.3 Å². The molecule has 3 rings (SSSR count). The molecule has 0 unspecified atom stereocenters. The summed E-state index contributed by atoms with van der Waals surface area (Å²) in [5.74, 6) is 0.307. The molecular weight excluding hydrogens is 415 g/mol. The van der Waals surface area contributed by atoms with E-state index < -0.39 is 11.0 Å². The molecule has 10 heteroatoms. The van der Waals surface area contributed by atoms with Gasteiger partial charge in [0.2, 0.25) is 0 Å². The van der Waals surface area contributed by atoms with Gasteiger partial charge in [-0.2, -0.15) is 9.65 Å². The fraction of sp³-hybridized carbons (Fsp3) is 0.368. The highest BCUT2D eigenvalue weighted by atomic mass is 32.2. The van der Waals surface area contributed by atoms with Crippen LogP contribution in [0.25, 0.3) is 0 Å². The number of rotatable bonds is 9. The summed E-state index contributed by atoms with van der Waals surface area (Å²) in [7, 11) is 0. The summed E-state index contributed by atoms with van der Waals surface area (Å²) in [5, 5.41) is 14.9. The number of oxime groups is 1. The minimum Gasteiger partial charge on any atom is -0.389 e. The number of ether oxygens (including phenoxy) is 1. The van der Waals surface area contributed by atoms with E-state index in [0.29, 0.717) is 31.6 Å². The number of thiazole rings is 1. The number of nitriles is 1. The number of nitrogens with one attached hydrogen (secondary N) is 1. The molecule has 2 aromatic rings. The van der Waals surface area contributed by atoms with Gasteiger partial charge in [-0.25, -0.2) is 4.98 Å². The first kappa shape index (κ1) is 21.2. The molecule has 1 aromatic heterocycles. The average Bonchev–Trinajstić information content (AvgIpc) is 3.38. The standard InChI is InChI=1S/C19H19FN4O3S2/c20-16-11-22-19(29-16)23-18(25)17(24-27-14-7-9-26-12-14)13-3-5-15(6-4-13)28-10-2-1-8-21/h3-6,11,14H,1-2,7,9-10,12H2,(H,22,23,25)/t14-/m1/s1. The smallest absolute Gasteiger partial charge is 0.280 e. The van der Waals surface area contributed by atoms with Crippen molar-refractivity contribution < 1.29 is 18.8 Å². The second kappa shape index (κ2) is 10.9. The Bertz CT molecular complexity index is 890. The van der Waals surface area contributed by atoms with Crippen molar-refractivity contribution in [3.63, 3.8) is 0 Å². The molecule has 0 saturated carbocycles. The third kappa shape index (κ3) is 6.52. The van der Waals surface area contributed by atoms with Crippen LogP contribution in [-0.4, -0.2) is 41.7 Å². The van der Waals surface area contributed by atoms with Gasteiger partial charge in [0.15, 0.2) is 22.1 Å². The molecule has 1 aromatic carbocycles. The lowest BCUT2D eigenvalue weighted by atomic mass is 10.1. The summed E-state index contributed by atoms with van der Waals surface area (Å²) >= 11 is 2.37. The van der Waals surface area contributed by atoms with Gasteiger partial charge in [0.1, 0.15) is 0 Å². The van der Waals surface area contributed by atoms with Crippen molar-refractivity contribution in [1.29, 1.82) is 5.26 Å². The van der Waals surface area contributed by atoms with Gasteiger partial charge < -0.3 is 9.57 Å². The third-order valence-corrected chi connectivity index (χ3v) is 5.72. The molecule has 29 heavy (non-hydrogen) atoms. The number of hydrogen-bond donors (Lipinski definition) is 1. The highest BCUT2D eigenvalue weighted by molar-refractivity contribution is 7.99. The van der Waals surface area contributed by atoms with Gasteiger partial charge in [0.05, 0.1) is 25.5 Å². The van der Waals surface area contributed by atoms with Gasteiger partial charge in [0.25, 0.3) is 5.91 Å². The van der Waals surface area contributed by atoms with Gasteiger partial charge in [-0.05, 0) is 24.3 Å². The Morgan fingerprint density at radius 1 is 1.48 bits per heavy atom. The molecule has 1 aliphatic rings. The number of thioether (sulfide) groups is 1. The predicted molar refractivity (Wildman–Crippen MR) is 110 cm³/mol. The Balaban J connectivity index is 1.72. The maximum Gasteiger partial charge on any atom is 0.280 e. The number of amides is 1. The van der Waals surface area contributed by atoms with Crippen molar-refractivity contribution >= 4 is 39.8 Å². The monoisotopic (exact) mass is 434 g/mol. The fourth-order valence-electron chi connectivity index (χ4n) is 2.47. The Kier molecular flexibility index (Phi) is 7.98. The van der Waals surface area contributed by atoms with Crippen LogP contribution in [0.5, 0.6) is 0 Å². The van der Waals surface area contributed by atoms with Gasteiger partial charge in [-0.3, -0.25) is 10.1 Å². The number of nitrogens with zero attached hydrogens (tertiary/aromatic N) is 3. The Labute approximate surface area is 175 Å². The molecule has 0 aliphatic carbocycles. The van der Waals surface area contributed by atoms with E-state index in [1.54, 1.807) is 23.9 Å². The zero-order valence-corrected chi connectivity index (χ0v) is 17.1. The number of hydrogen-bond acceptors (Lipinski definition) is 8. The van der Waals surface area contributed by atoms with Crippen molar-refractivity contribution in [1.82, 2.24) is 4.98 Å². The molecule has 7 nitrogen and oxygen atoms in total. The molecular formula is C19H19FN4O3S2. The minimum atomic E-state index is -0.535. The third-order valence-electron chi connectivity index (χ3n) is 3.92. The zero-order valence-electron chi connectivity index (χ0n) is 15.5. The fourth-order valence-corrected chi connectivity index (χ4v) is 3.86. The molecule has 152 valence electrons. The van der Waals surface area contributed by atoms with Crippen LogP contribution in [0.2, 0.25) is 0 Å². The normalized spacial score (nSPS) is 16.4. The van der Waals surface area contributed by atoms with Crippen LogP contribution < -0.4 is 5.32 Å². The molecule has 2 heterocycles. The second-order valence-corrected chi connectivity index (χ2v) is 8.24. The van der Waals surface area contributed by atoms with Gasteiger partial charge in [0, 0.05) is 23.3 Å². The summed E-state index contributed by atoms with van der Waals surface area (Å²) in [6.07, 6.45) is 2.89. The zero-order chi connectivity index (χ0) is 20.5. The van der Waals surface area contributed by atoms with Gasteiger partial charge in [-0.1, -0.05) is 28.6 Å². The van der Waals surface area contributed by atoms with E-state index in [2.05, 4.69) is 21.5 Å². The number of aromatic nitrogens is 1. The summed E-state index contributed by atoms with van der Waals surface area (Å²) in [6, 6.07) is 9.46. The summed E-state index contributed by atoms with van der Waals surface area (Å²) in [6.45, 7) is 1.02. The molecule has 1 N–H and O–H groups in total. The summed E-state index contributed by atoms with van der Waals surface area (Å²) < 4.78 is 18.4. The Hall–Kier alpha value is -2.48. The molecule has 0 bridgehead atoms. The maximum absolute atomic E-state index is 13.2. The van der Waals surface area contributed by atoms with Crippen LogP contribution in [0.1, 0.15) is 24.8 Å². The minimum absolute atomic E-state index is 0.0774. The first-order valence-corrected chi connectivity index (χ1v) is 10.8. The van der Waals surface area contributed by atoms with E-state index in [4.69, 9.17) is 14.8 Å². The molecule has 1 atom stereocenters. The first-order valence-electron chi connectivity index (χ1n) is 9.00. The van der Waals surface area contributed by atoms with Gasteiger partial charge in [-0.15, -0.1) is 11.8 Å². The van der Waals surface area contributed by atoms with E-state index in [0.717, 1.165) is 34.6 Å². The van der Waals surface area contributed by atoms with E-state index in [-0.39, 0.29) is 16.9 Å². The van der Waals surface area contributed by atoms with Gasteiger partial charge >= 0.3 is 0 Å². The van der Waals surface area contributed by atoms with E-state index in [1.165, 1.54) is 0 Å². The highest BCUT2D eigenvalue weighted by Crippen LogP contribution is 2.21. The van der Waals surface area contributed by atoms with E-state index >= 15 is 0 Å². The Morgan fingerprint density at radius 3 is 2.97 bits per heavy atom. The molecule has 1 amide bonds. The van der Waals surface area contributed by atoms with E-state index in [9.17, 15) is 9.18 Å². The lowest BCUT2D eigenvalue weighted by molar-refractivity contribution is -0.110. The van der Waals surface area contributed by atoms with Crippen LogP contribution in [0.15, 0.2) is 40.5 Å². The lowest BCUT2D eigenvalue weighted by Crippen LogP contribution is -2.25. The van der Waals surface area contributed by atoms with Crippen LogP contribution in [0.3, 0.4) is 0 Å². The van der Waals surface area contributed by atoms with Crippen molar-refractivity contribution in [2.24, 2.45) is 5.16 Å². The first-order chi connectivity index (χ1) is 14.2. The largest absolute Gasteiger partial charge is 0.389 e. The predicted octanol–water partition coefficient (Wildman–Crippen LogP) is 3.83. The number of carbonyl (C=O) groups is 1. The van der Waals surface area contributed by atoms with Crippen LogP contribution >= 0.6 is 23.1 Å². The molecule has 1 fully saturated rings. The average molecular weight is 435 g/mol. The molecule has 1 aliphatic heterocycles. The quantitative estimate of drug-likeness (QED) is 0.279. The maximum atomic E-state index is 13.2. The second-order valence-electron chi connectivity index (χ2n) is 6.09. The number of benzene rings is 1. The van der Waals surface area contributed by atoms with Crippen molar-refractivity contribution in [3.05, 3.63) is 41.2 Å². The molecule has 0 spiro atoms. The number of carbonyl (C=O) groups excluding carboxylic acids is 1. The highest BCUT2D eigenvalue weighted by Gasteiger charge is 2.21. The van der Waals surface area contributed by atoms with Crippen molar-refractivity contribution in [2.45, 2.75) is 30.3 Å². The Morgan fingerprint density at radius 2 is 2.31 bits per heavy atom. The molecule has 0 radical (unpaired) electrons. The van der Waals surface area contributed by atoms with Crippen LogP contribution in [0, 0.1) is 16.5 Å². The number of halogens is 1. The van der Waals surface area contributed by atoms with E-state index in [1.807, 2.05) is 12.1 Å². The summed E-state index contributed by atoms with van der Waals surface area (Å²) in [4.78, 5) is 23.0. The number of unbranched alkanes of at least 4 members (excludes halogenated alkanes) is 1.